The highest BCUT2D eigenvalue weighted by molar-refractivity contribution is 5.42. The van der Waals surface area contributed by atoms with E-state index in [2.05, 4.69) is 16.8 Å². The van der Waals surface area contributed by atoms with Crippen molar-refractivity contribution in [3.63, 3.8) is 0 Å². The van der Waals surface area contributed by atoms with E-state index >= 15 is 0 Å². The average Bonchev–Trinajstić information content (AvgIpc) is 2.33. The molecule has 0 aromatic carbocycles. The summed E-state index contributed by atoms with van der Waals surface area (Å²) in [4.78, 5) is 6.51. The molecule has 3 unspecified atom stereocenters. The first-order valence-electron chi connectivity index (χ1n) is 6.15. The number of rotatable bonds is 2. The van der Waals surface area contributed by atoms with Crippen molar-refractivity contribution in [3.8, 4) is 0 Å². The molecule has 0 saturated carbocycles. The summed E-state index contributed by atoms with van der Waals surface area (Å²) in [7, 11) is 0. The van der Waals surface area contributed by atoms with Gasteiger partial charge < -0.3 is 15.1 Å². The second-order valence-electron chi connectivity index (χ2n) is 4.90. The van der Waals surface area contributed by atoms with Crippen LogP contribution >= 0.6 is 0 Å². The van der Waals surface area contributed by atoms with E-state index < -0.39 is 6.10 Å². The molecule has 1 aliphatic heterocycles. The number of pyridine rings is 1. The molecule has 17 heavy (non-hydrogen) atoms. The number of nitrogens with zero attached hydrogens (tertiary/aromatic N) is 2. The lowest BCUT2D eigenvalue weighted by Gasteiger charge is -2.35. The van der Waals surface area contributed by atoms with Gasteiger partial charge in [-0.2, -0.15) is 0 Å². The largest absolute Gasteiger partial charge is 0.393 e. The monoisotopic (exact) mass is 236 g/mol. The first-order valence-corrected chi connectivity index (χ1v) is 6.15. The van der Waals surface area contributed by atoms with Crippen molar-refractivity contribution < 1.29 is 10.2 Å². The molecule has 0 spiro atoms. The first-order chi connectivity index (χ1) is 8.08. The average molecular weight is 236 g/mol. The van der Waals surface area contributed by atoms with Crippen LogP contribution in [0.5, 0.6) is 0 Å². The summed E-state index contributed by atoms with van der Waals surface area (Å²) >= 11 is 0. The Balaban J connectivity index is 2.14. The van der Waals surface area contributed by atoms with E-state index in [4.69, 9.17) is 0 Å². The molecule has 3 atom stereocenters. The van der Waals surface area contributed by atoms with Gasteiger partial charge in [-0.15, -0.1) is 0 Å². The Morgan fingerprint density at radius 1 is 1.53 bits per heavy atom. The second-order valence-corrected chi connectivity index (χ2v) is 4.90. The minimum atomic E-state index is -0.468. The first kappa shape index (κ1) is 12.3. The second kappa shape index (κ2) is 5.02. The molecule has 1 aromatic rings. The highest BCUT2D eigenvalue weighted by Crippen LogP contribution is 2.23. The lowest BCUT2D eigenvalue weighted by atomic mass is 9.96. The van der Waals surface area contributed by atoms with Crippen molar-refractivity contribution in [2.24, 2.45) is 5.92 Å². The van der Waals surface area contributed by atoms with Crippen LogP contribution in [0.2, 0.25) is 0 Å². The maximum Gasteiger partial charge on any atom is 0.128 e. The van der Waals surface area contributed by atoms with Gasteiger partial charge >= 0.3 is 0 Å². The molecule has 94 valence electrons. The summed E-state index contributed by atoms with van der Waals surface area (Å²) in [5.41, 5.74) is 0.883. The van der Waals surface area contributed by atoms with E-state index in [1.54, 1.807) is 13.1 Å². The lowest BCUT2D eigenvalue weighted by molar-refractivity contribution is 0.0968. The molecule has 1 aromatic heterocycles. The Morgan fingerprint density at radius 3 is 2.94 bits per heavy atom. The fraction of sp³-hybridized carbons (Fsp3) is 0.615. The number of hydrogen-bond acceptors (Lipinski definition) is 4. The van der Waals surface area contributed by atoms with Crippen molar-refractivity contribution in [2.75, 3.05) is 18.0 Å². The van der Waals surface area contributed by atoms with Gasteiger partial charge in [0.1, 0.15) is 5.82 Å². The van der Waals surface area contributed by atoms with E-state index in [0.29, 0.717) is 0 Å². The minimum Gasteiger partial charge on any atom is -0.393 e. The molecule has 1 fully saturated rings. The third-order valence-electron chi connectivity index (χ3n) is 3.44. The fourth-order valence-electron chi connectivity index (χ4n) is 2.21. The molecular weight excluding hydrogens is 216 g/mol. The van der Waals surface area contributed by atoms with Crippen LogP contribution in [0, 0.1) is 5.92 Å². The highest BCUT2D eigenvalue weighted by Gasteiger charge is 2.25. The summed E-state index contributed by atoms with van der Waals surface area (Å²) in [5, 5.41) is 19.3. The molecule has 0 aliphatic carbocycles. The molecule has 1 saturated heterocycles. The van der Waals surface area contributed by atoms with E-state index in [0.717, 1.165) is 30.9 Å². The van der Waals surface area contributed by atoms with E-state index in [9.17, 15) is 10.2 Å². The van der Waals surface area contributed by atoms with Crippen LogP contribution in [0.25, 0.3) is 0 Å². The zero-order valence-electron chi connectivity index (χ0n) is 10.4. The van der Waals surface area contributed by atoms with Gasteiger partial charge in [0.2, 0.25) is 0 Å². The van der Waals surface area contributed by atoms with Crippen molar-refractivity contribution in [3.05, 3.63) is 23.9 Å². The van der Waals surface area contributed by atoms with Gasteiger partial charge in [-0.25, -0.2) is 4.98 Å². The Labute approximate surface area is 102 Å². The Kier molecular flexibility index (Phi) is 3.64. The van der Waals surface area contributed by atoms with Crippen molar-refractivity contribution in [1.82, 2.24) is 4.98 Å². The molecule has 2 rings (SSSR count). The molecule has 2 heterocycles. The van der Waals surface area contributed by atoms with Gasteiger partial charge in [0.15, 0.2) is 0 Å². The standard InChI is InChI=1S/C13H20N2O2/c1-9-8-15(6-4-12(9)17)13-7-11(10(2)16)3-5-14-13/h3,5,7,9-10,12,16-17H,4,6,8H2,1-2H3. The molecule has 0 amide bonds. The zero-order chi connectivity index (χ0) is 12.4. The molecule has 1 aliphatic rings. The molecular formula is C13H20N2O2. The smallest absolute Gasteiger partial charge is 0.128 e. The van der Waals surface area contributed by atoms with Crippen LogP contribution in [0.15, 0.2) is 18.3 Å². The Bertz CT molecular complexity index is 381. The summed E-state index contributed by atoms with van der Waals surface area (Å²) in [6, 6.07) is 3.76. The SMILES string of the molecule is CC(O)c1ccnc(N2CCC(O)C(C)C2)c1. The van der Waals surface area contributed by atoms with Crippen molar-refractivity contribution in [1.29, 1.82) is 0 Å². The third kappa shape index (κ3) is 2.76. The van der Waals surface area contributed by atoms with Crippen molar-refractivity contribution >= 4 is 5.82 Å². The Morgan fingerprint density at radius 2 is 2.29 bits per heavy atom. The fourth-order valence-corrected chi connectivity index (χ4v) is 2.21. The van der Waals surface area contributed by atoms with E-state index in [1.165, 1.54) is 0 Å². The number of aliphatic hydroxyl groups excluding tert-OH is 2. The van der Waals surface area contributed by atoms with Crippen molar-refractivity contribution in [2.45, 2.75) is 32.5 Å². The van der Waals surface area contributed by atoms with E-state index in [1.807, 2.05) is 12.1 Å². The quantitative estimate of drug-likeness (QED) is 0.813. The van der Waals surface area contributed by atoms with Crippen LogP contribution in [0.1, 0.15) is 31.9 Å². The maximum atomic E-state index is 9.70. The van der Waals surface area contributed by atoms with Crippen LogP contribution in [-0.2, 0) is 0 Å². The predicted molar refractivity (Wildman–Crippen MR) is 66.9 cm³/mol. The number of aliphatic hydroxyl groups is 2. The van der Waals surface area contributed by atoms with Gasteiger partial charge in [-0.3, -0.25) is 0 Å². The minimum absolute atomic E-state index is 0.203. The maximum absolute atomic E-state index is 9.70. The van der Waals surface area contributed by atoms with Crippen LogP contribution in [-0.4, -0.2) is 34.4 Å². The predicted octanol–water partition coefficient (Wildman–Crippen LogP) is 1.34. The van der Waals surface area contributed by atoms with E-state index in [-0.39, 0.29) is 12.0 Å². The summed E-state index contributed by atoms with van der Waals surface area (Å²) in [5.74, 6) is 1.16. The summed E-state index contributed by atoms with van der Waals surface area (Å²) in [6.07, 6.45) is 1.84. The number of piperidine rings is 1. The number of hydrogen-bond donors (Lipinski definition) is 2. The van der Waals surface area contributed by atoms with Crippen LogP contribution in [0.4, 0.5) is 5.82 Å². The van der Waals surface area contributed by atoms with Gasteiger partial charge in [-0.1, -0.05) is 6.92 Å². The molecule has 0 bridgehead atoms. The summed E-state index contributed by atoms with van der Waals surface area (Å²) < 4.78 is 0. The van der Waals surface area contributed by atoms with Crippen LogP contribution < -0.4 is 4.90 Å². The van der Waals surface area contributed by atoms with Gasteiger partial charge in [0.05, 0.1) is 12.2 Å². The lowest BCUT2D eigenvalue weighted by Crippen LogP contribution is -2.42. The molecule has 0 radical (unpaired) electrons. The third-order valence-corrected chi connectivity index (χ3v) is 3.44. The molecule has 2 N–H and O–H groups in total. The molecule has 4 nitrogen and oxygen atoms in total. The molecule has 4 heteroatoms. The number of aromatic nitrogens is 1. The van der Waals surface area contributed by atoms with Gasteiger partial charge in [0.25, 0.3) is 0 Å². The normalized spacial score (nSPS) is 26.9. The van der Waals surface area contributed by atoms with Gasteiger partial charge in [0, 0.05) is 19.3 Å². The Hall–Kier alpha value is -1.13. The summed E-state index contributed by atoms with van der Waals surface area (Å²) in [6.45, 7) is 5.44. The topological polar surface area (TPSA) is 56.6 Å². The zero-order valence-corrected chi connectivity index (χ0v) is 10.4. The van der Waals surface area contributed by atoms with Crippen LogP contribution in [0.3, 0.4) is 0 Å². The number of anilines is 1. The highest BCUT2D eigenvalue weighted by atomic mass is 16.3. The van der Waals surface area contributed by atoms with Gasteiger partial charge in [-0.05, 0) is 37.0 Å².